The van der Waals surface area contributed by atoms with Crippen molar-refractivity contribution in [3.8, 4) is 0 Å². The van der Waals surface area contributed by atoms with Crippen molar-refractivity contribution in [2.75, 3.05) is 0 Å². The molecule has 0 aromatic heterocycles. The predicted octanol–water partition coefficient (Wildman–Crippen LogP) is 3.91. The molecule has 0 fully saturated rings. The highest BCUT2D eigenvalue weighted by molar-refractivity contribution is 6.03. The molecule has 3 rings (SSSR count). The predicted molar refractivity (Wildman–Crippen MR) is 73.0 cm³/mol. The van der Waals surface area contributed by atoms with E-state index in [-0.39, 0.29) is 11.7 Å². The molecule has 1 aliphatic rings. The van der Waals surface area contributed by atoms with Gasteiger partial charge in [0.2, 0.25) is 0 Å². The second-order valence-corrected chi connectivity index (χ2v) is 5.03. The molecule has 0 spiro atoms. The molecule has 0 radical (unpaired) electrons. The number of benzene rings is 2. The summed E-state index contributed by atoms with van der Waals surface area (Å²) >= 11 is 0. The summed E-state index contributed by atoms with van der Waals surface area (Å²) in [5, 5.41) is 0. The molecule has 1 nitrogen and oxygen atoms in total. The number of carbonyl (C=O) groups excluding carboxylic acids is 1. The Bertz CT molecular complexity index is 584. The van der Waals surface area contributed by atoms with Gasteiger partial charge in [0, 0.05) is 11.5 Å². The summed E-state index contributed by atoms with van der Waals surface area (Å²) in [4.78, 5) is 12.6. The standard InChI is InChI=1S/C17H16O/c1-12-7-8-14-9-10-15(17(18)16(14)11-12)13-5-3-2-4-6-13/h2-8,11,15H,9-10H2,1H3/t15-/m0/s1. The lowest BCUT2D eigenvalue weighted by Gasteiger charge is -2.24. The topological polar surface area (TPSA) is 17.1 Å². The van der Waals surface area contributed by atoms with Gasteiger partial charge in [0.25, 0.3) is 0 Å². The Labute approximate surface area is 107 Å². The van der Waals surface area contributed by atoms with Crippen molar-refractivity contribution in [1.82, 2.24) is 0 Å². The van der Waals surface area contributed by atoms with E-state index in [4.69, 9.17) is 0 Å². The van der Waals surface area contributed by atoms with E-state index in [0.717, 1.165) is 29.5 Å². The van der Waals surface area contributed by atoms with Crippen LogP contribution in [0.1, 0.15) is 39.4 Å². The van der Waals surface area contributed by atoms with E-state index in [0.29, 0.717) is 0 Å². The normalized spacial score (nSPS) is 18.5. The van der Waals surface area contributed by atoms with E-state index in [9.17, 15) is 4.79 Å². The highest BCUT2D eigenvalue weighted by Crippen LogP contribution is 2.32. The van der Waals surface area contributed by atoms with E-state index in [1.54, 1.807) is 0 Å². The fraction of sp³-hybridized carbons (Fsp3) is 0.235. The lowest BCUT2D eigenvalue weighted by molar-refractivity contribution is 0.0946. The summed E-state index contributed by atoms with van der Waals surface area (Å²) < 4.78 is 0. The number of aryl methyl sites for hydroxylation is 2. The zero-order valence-electron chi connectivity index (χ0n) is 10.5. The fourth-order valence-corrected chi connectivity index (χ4v) is 2.76. The van der Waals surface area contributed by atoms with Crippen LogP contribution in [-0.4, -0.2) is 5.78 Å². The third kappa shape index (κ3) is 1.86. The van der Waals surface area contributed by atoms with E-state index < -0.39 is 0 Å². The Morgan fingerprint density at radius 3 is 2.61 bits per heavy atom. The maximum absolute atomic E-state index is 12.6. The molecule has 0 N–H and O–H groups in total. The average Bonchev–Trinajstić information content (AvgIpc) is 2.41. The fourth-order valence-electron chi connectivity index (χ4n) is 2.76. The number of fused-ring (bicyclic) bond motifs is 1. The van der Waals surface area contributed by atoms with Gasteiger partial charge < -0.3 is 0 Å². The SMILES string of the molecule is Cc1ccc2c(c1)C(=O)[C@H](c1ccccc1)CC2. The summed E-state index contributed by atoms with van der Waals surface area (Å²) in [6.45, 7) is 2.04. The molecule has 0 saturated heterocycles. The summed E-state index contributed by atoms with van der Waals surface area (Å²) in [6.07, 6.45) is 1.93. The molecule has 1 atom stereocenters. The van der Waals surface area contributed by atoms with Crippen molar-refractivity contribution in [1.29, 1.82) is 0 Å². The molecule has 0 aliphatic heterocycles. The lowest BCUT2D eigenvalue weighted by atomic mass is 9.79. The van der Waals surface area contributed by atoms with Gasteiger partial charge in [0.1, 0.15) is 0 Å². The van der Waals surface area contributed by atoms with Gasteiger partial charge in [-0.05, 0) is 37.0 Å². The molecule has 0 amide bonds. The Morgan fingerprint density at radius 2 is 1.83 bits per heavy atom. The monoisotopic (exact) mass is 236 g/mol. The van der Waals surface area contributed by atoms with Crippen LogP contribution in [0.25, 0.3) is 0 Å². The van der Waals surface area contributed by atoms with Crippen LogP contribution in [0.3, 0.4) is 0 Å². The Kier molecular flexibility index (Phi) is 2.75. The highest BCUT2D eigenvalue weighted by Gasteiger charge is 2.28. The van der Waals surface area contributed by atoms with Gasteiger partial charge in [-0.1, -0.05) is 48.0 Å². The molecule has 2 aromatic rings. The first-order valence-electron chi connectivity index (χ1n) is 6.44. The van der Waals surface area contributed by atoms with Crippen molar-refractivity contribution in [2.24, 2.45) is 0 Å². The van der Waals surface area contributed by atoms with Crippen LogP contribution in [0, 0.1) is 6.92 Å². The zero-order chi connectivity index (χ0) is 12.5. The number of hydrogen-bond acceptors (Lipinski definition) is 1. The van der Waals surface area contributed by atoms with Crippen LogP contribution < -0.4 is 0 Å². The summed E-state index contributed by atoms with van der Waals surface area (Å²) in [5.74, 6) is 0.326. The molecule has 0 unspecified atom stereocenters. The van der Waals surface area contributed by atoms with Gasteiger partial charge in [-0.15, -0.1) is 0 Å². The number of rotatable bonds is 1. The second kappa shape index (κ2) is 4.41. The maximum atomic E-state index is 12.6. The Balaban J connectivity index is 2.02. The molecule has 0 heterocycles. The van der Waals surface area contributed by atoms with Gasteiger partial charge in [0.05, 0.1) is 0 Å². The van der Waals surface area contributed by atoms with Crippen LogP contribution >= 0.6 is 0 Å². The van der Waals surface area contributed by atoms with Crippen LogP contribution in [-0.2, 0) is 6.42 Å². The Hall–Kier alpha value is -1.89. The van der Waals surface area contributed by atoms with Crippen molar-refractivity contribution in [2.45, 2.75) is 25.7 Å². The maximum Gasteiger partial charge on any atom is 0.170 e. The Morgan fingerprint density at radius 1 is 1.06 bits per heavy atom. The van der Waals surface area contributed by atoms with Crippen molar-refractivity contribution >= 4 is 5.78 Å². The molecular weight excluding hydrogens is 220 g/mol. The van der Waals surface area contributed by atoms with E-state index >= 15 is 0 Å². The third-order valence-corrected chi connectivity index (χ3v) is 3.75. The number of hydrogen-bond donors (Lipinski definition) is 0. The van der Waals surface area contributed by atoms with Gasteiger partial charge in [-0.25, -0.2) is 0 Å². The highest BCUT2D eigenvalue weighted by atomic mass is 16.1. The van der Waals surface area contributed by atoms with E-state index in [2.05, 4.69) is 24.3 Å². The third-order valence-electron chi connectivity index (χ3n) is 3.75. The number of ketones is 1. The van der Waals surface area contributed by atoms with Gasteiger partial charge in [0.15, 0.2) is 5.78 Å². The van der Waals surface area contributed by atoms with Crippen LogP contribution in [0.5, 0.6) is 0 Å². The van der Waals surface area contributed by atoms with Gasteiger partial charge in [-0.3, -0.25) is 4.79 Å². The first-order chi connectivity index (χ1) is 8.75. The van der Waals surface area contributed by atoms with Crippen molar-refractivity contribution in [3.63, 3.8) is 0 Å². The minimum Gasteiger partial charge on any atom is -0.293 e. The van der Waals surface area contributed by atoms with Crippen LogP contribution in [0.15, 0.2) is 48.5 Å². The molecule has 90 valence electrons. The van der Waals surface area contributed by atoms with Crippen molar-refractivity contribution < 1.29 is 4.79 Å². The summed E-state index contributed by atoms with van der Waals surface area (Å²) in [6, 6.07) is 16.4. The first-order valence-corrected chi connectivity index (χ1v) is 6.44. The summed E-state index contributed by atoms with van der Waals surface area (Å²) in [5.41, 5.74) is 4.44. The molecule has 0 bridgehead atoms. The molecule has 1 heteroatoms. The smallest absolute Gasteiger partial charge is 0.170 e. The average molecular weight is 236 g/mol. The van der Waals surface area contributed by atoms with Gasteiger partial charge in [-0.2, -0.15) is 0 Å². The minimum atomic E-state index is 0.0421. The molecule has 2 aromatic carbocycles. The first kappa shape index (κ1) is 11.2. The van der Waals surface area contributed by atoms with E-state index in [1.807, 2.05) is 31.2 Å². The summed E-state index contributed by atoms with van der Waals surface area (Å²) in [7, 11) is 0. The zero-order valence-corrected chi connectivity index (χ0v) is 10.5. The molecule has 0 saturated carbocycles. The molecule has 18 heavy (non-hydrogen) atoms. The number of Topliss-reactive ketones (excluding diaryl/α,β-unsaturated/α-hetero) is 1. The minimum absolute atomic E-state index is 0.0421. The van der Waals surface area contributed by atoms with E-state index in [1.165, 1.54) is 5.56 Å². The quantitative estimate of drug-likeness (QED) is 0.733. The second-order valence-electron chi connectivity index (χ2n) is 5.03. The van der Waals surface area contributed by atoms with Crippen molar-refractivity contribution in [3.05, 3.63) is 70.8 Å². The van der Waals surface area contributed by atoms with Crippen LogP contribution in [0.4, 0.5) is 0 Å². The van der Waals surface area contributed by atoms with Gasteiger partial charge >= 0.3 is 0 Å². The lowest BCUT2D eigenvalue weighted by Crippen LogP contribution is -2.21. The number of carbonyl (C=O) groups is 1. The molecular formula is C17H16O. The van der Waals surface area contributed by atoms with Crippen LogP contribution in [0.2, 0.25) is 0 Å². The molecule has 1 aliphatic carbocycles. The largest absolute Gasteiger partial charge is 0.293 e.